The number of nitrogens with zero attached hydrogens (tertiary/aromatic N) is 2. The molecule has 0 bridgehead atoms. The normalized spacial score (nSPS) is 10.9. The lowest BCUT2D eigenvalue weighted by molar-refractivity contribution is 0.0945. The van der Waals surface area contributed by atoms with Crippen molar-refractivity contribution in [3.63, 3.8) is 0 Å². The second-order valence-corrected chi connectivity index (χ2v) is 8.39. The molecule has 32 heavy (non-hydrogen) atoms. The predicted molar refractivity (Wildman–Crippen MR) is 126 cm³/mol. The van der Waals surface area contributed by atoms with E-state index in [-0.39, 0.29) is 24.0 Å². The van der Waals surface area contributed by atoms with Gasteiger partial charge in [-0.15, -0.1) is 0 Å². The van der Waals surface area contributed by atoms with E-state index in [9.17, 15) is 9.18 Å². The highest BCUT2D eigenvalue weighted by Crippen LogP contribution is 2.33. The minimum atomic E-state index is -0.356. The number of nitrogens with one attached hydrogen (secondary N) is 1. The summed E-state index contributed by atoms with van der Waals surface area (Å²) in [6.07, 6.45) is 0. The van der Waals surface area contributed by atoms with Gasteiger partial charge in [0.05, 0.1) is 10.7 Å². The van der Waals surface area contributed by atoms with Crippen LogP contribution in [0.1, 0.15) is 21.7 Å². The Bertz CT molecular complexity index is 1290. The van der Waals surface area contributed by atoms with Crippen LogP contribution in [-0.2, 0) is 6.54 Å². The van der Waals surface area contributed by atoms with Crippen LogP contribution in [0.2, 0.25) is 15.1 Å². The molecule has 1 N–H and O–H groups in total. The summed E-state index contributed by atoms with van der Waals surface area (Å²) in [5.74, 6) is -0.189. The van der Waals surface area contributed by atoms with Gasteiger partial charge in [0.1, 0.15) is 17.3 Å². The van der Waals surface area contributed by atoms with Crippen molar-refractivity contribution in [2.24, 2.45) is 0 Å². The molecule has 0 atom stereocenters. The van der Waals surface area contributed by atoms with Gasteiger partial charge in [-0.1, -0.05) is 46.9 Å². The Hall–Kier alpha value is -2.86. The summed E-state index contributed by atoms with van der Waals surface area (Å²) < 4.78 is 15.0. The highest BCUT2D eigenvalue weighted by atomic mass is 35.5. The highest BCUT2D eigenvalue weighted by molar-refractivity contribution is 6.36. The van der Waals surface area contributed by atoms with Crippen molar-refractivity contribution in [2.75, 3.05) is 0 Å². The molecule has 0 aliphatic carbocycles. The fraction of sp³-hybridized carbons (Fsp3) is 0.0833. The Morgan fingerprint density at radius 2 is 1.62 bits per heavy atom. The fourth-order valence-electron chi connectivity index (χ4n) is 3.34. The van der Waals surface area contributed by atoms with E-state index in [1.54, 1.807) is 42.5 Å². The number of rotatable bonds is 5. The van der Waals surface area contributed by atoms with Crippen molar-refractivity contribution in [1.82, 2.24) is 14.9 Å². The molecule has 0 saturated carbocycles. The van der Waals surface area contributed by atoms with Crippen molar-refractivity contribution in [2.45, 2.75) is 13.5 Å². The number of amides is 1. The minimum Gasteiger partial charge on any atom is -0.347 e. The molecule has 3 aromatic carbocycles. The molecule has 0 aliphatic heterocycles. The van der Waals surface area contributed by atoms with Gasteiger partial charge in [0, 0.05) is 27.8 Å². The summed E-state index contributed by atoms with van der Waals surface area (Å²) in [4.78, 5) is 17.6. The number of hydrogen-bond acceptors (Lipinski definition) is 2. The lowest BCUT2D eigenvalue weighted by atomic mass is 10.2. The van der Waals surface area contributed by atoms with E-state index in [4.69, 9.17) is 34.8 Å². The van der Waals surface area contributed by atoms with Crippen LogP contribution in [0.4, 0.5) is 4.39 Å². The molecule has 0 fully saturated rings. The largest absolute Gasteiger partial charge is 0.347 e. The summed E-state index contributed by atoms with van der Waals surface area (Å²) >= 11 is 18.6. The van der Waals surface area contributed by atoms with Gasteiger partial charge in [-0.25, -0.2) is 9.37 Å². The van der Waals surface area contributed by atoms with E-state index in [0.29, 0.717) is 32.1 Å². The van der Waals surface area contributed by atoms with Gasteiger partial charge in [-0.2, -0.15) is 0 Å². The Morgan fingerprint density at radius 3 is 2.28 bits per heavy atom. The molecule has 1 heterocycles. The Morgan fingerprint density at radius 1 is 0.969 bits per heavy atom. The maximum absolute atomic E-state index is 13.1. The number of benzene rings is 3. The first-order valence-electron chi connectivity index (χ1n) is 9.67. The van der Waals surface area contributed by atoms with Crippen LogP contribution < -0.4 is 5.32 Å². The summed E-state index contributed by atoms with van der Waals surface area (Å²) in [5, 5.41) is 4.34. The van der Waals surface area contributed by atoms with Gasteiger partial charge >= 0.3 is 0 Å². The average Bonchev–Trinajstić information content (AvgIpc) is 3.10. The van der Waals surface area contributed by atoms with Crippen LogP contribution >= 0.6 is 34.8 Å². The summed E-state index contributed by atoms with van der Waals surface area (Å²) in [6, 6.07) is 18.2. The topological polar surface area (TPSA) is 46.9 Å². The van der Waals surface area contributed by atoms with Crippen LogP contribution in [0.15, 0.2) is 66.7 Å². The Labute approximate surface area is 199 Å². The fourth-order valence-corrected chi connectivity index (χ4v) is 3.96. The first-order valence-corrected chi connectivity index (χ1v) is 10.8. The average molecular weight is 489 g/mol. The van der Waals surface area contributed by atoms with Gasteiger partial charge in [0.25, 0.3) is 5.91 Å². The van der Waals surface area contributed by atoms with Gasteiger partial charge in [0.15, 0.2) is 0 Å². The van der Waals surface area contributed by atoms with Crippen molar-refractivity contribution in [3.05, 3.63) is 105 Å². The zero-order valence-corrected chi connectivity index (χ0v) is 19.1. The third-order valence-corrected chi connectivity index (χ3v) is 5.75. The van der Waals surface area contributed by atoms with E-state index in [0.717, 1.165) is 11.3 Å². The summed E-state index contributed by atoms with van der Waals surface area (Å²) in [5.41, 5.74) is 3.06. The van der Waals surface area contributed by atoms with Crippen molar-refractivity contribution >= 4 is 40.7 Å². The third kappa shape index (κ3) is 4.65. The number of carbonyl (C=O) groups is 1. The molecule has 1 aromatic heterocycles. The first kappa shape index (κ1) is 22.3. The first-order chi connectivity index (χ1) is 15.3. The van der Waals surface area contributed by atoms with E-state index in [1.165, 1.54) is 12.1 Å². The second-order valence-electron chi connectivity index (χ2n) is 7.11. The van der Waals surface area contributed by atoms with E-state index in [2.05, 4.69) is 10.3 Å². The monoisotopic (exact) mass is 487 g/mol. The minimum absolute atomic E-state index is 0.239. The molecule has 0 spiro atoms. The molecule has 4 aromatic rings. The standard InChI is InChI=1S/C24H17Cl3FN3O/c1-14-22(24(32)29-13-15-2-7-18(28)8-3-15)30-23(20-11-6-17(26)12-21(20)27)31(14)19-9-4-16(25)5-10-19/h2-12H,13H2,1H3,(H,29,32). The van der Waals surface area contributed by atoms with Gasteiger partial charge in [0.2, 0.25) is 0 Å². The molecule has 0 saturated heterocycles. The molecule has 1 amide bonds. The molecule has 0 aliphatic rings. The lowest BCUT2D eigenvalue weighted by Crippen LogP contribution is -2.24. The SMILES string of the molecule is Cc1c(C(=O)NCc2ccc(F)cc2)nc(-c2ccc(Cl)cc2Cl)n1-c1ccc(Cl)cc1. The van der Waals surface area contributed by atoms with Gasteiger partial charge in [-0.05, 0) is 67.1 Å². The Kier molecular flexibility index (Phi) is 6.51. The molecule has 4 nitrogen and oxygen atoms in total. The van der Waals surface area contributed by atoms with Crippen LogP contribution in [0.5, 0.6) is 0 Å². The maximum Gasteiger partial charge on any atom is 0.272 e. The lowest BCUT2D eigenvalue weighted by Gasteiger charge is -2.12. The van der Waals surface area contributed by atoms with E-state index >= 15 is 0 Å². The van der Waals surface area contributed by atoms with Gasteiger partial charge < -0.3 is 5.32 Å². The molecular formula is C24H17Cl3FN3O. The third-order valence-electron chi connectivity index (χ3n) is 4.95. The maximum atomic E-state index is 13.1. The van der Waals surface area contributed by atoms with Gasteiger partial charge in [-0.3, -0.25) is 9.36 Å². The van der Waals surface area contributed by atoms with Crippen molar-refractivity contribution < 1.29 is 9.18 Å². The zero-order chi connectivity index (χ0) is 22.8. The molecular weight excluding hydrogens is 472 g/mol. The highest BCUT2D eigenvalue weighted by Gasteiger charge is 2.23. The Balaban J connectivity index is 1.75. The molecule has 8 heteroatoms. The predicted octanol–water partition coefficient (Wildman–Crippen LogP) is 6.88. The van der Waals surface area contributed by atoms with Crippen molar-refractivity contribution in [3.8, 4) is 17.1 Å². The summed E-state index contributed by atoms with van der Waals surface area (Å²) in [7, 11) is 0. The number of halogens is 4. The number of aromatic nitrogens is 2. The number of imidazole rings is 1. The summed E-state index contributed by atoms with van der Waals surface area (Å²) in [6.45, 7) is 2.05. The molecule has 162 valence electrons. The quantitative estimate of drug-likeness (QED) is 0.333. The molecule has 0 radical (unpaired) electrons. The number of hydrogen-bond donors (Lipinski definition) is 1. The zero-order valence-electron chi connectivity index (χ0n) is 16.9. The number of carbonyl (C=O) groups excluding carboxylic acids is 1. The van der Waals surface area contributed by atoms with Crippen LogP contribution in [0.25, 0.3) is 17.1 Å². The van der Waals surface area contributed by atoms with Crippen LogP contribution in [0, 0.1) is 12.7 Å². The van der Waals surface area contributed by atoms with E-state index in [1.807, 2.05) is 23.6 Å². The second kappa shape index (κ2) is 9.33. The van der Waals surface area contributed by atoms with Crippen molar-refractivity contribution in [1.29, 1.82) is 0 Å². The smallest absolute Gasteiger partial charge is 0.272 e. The van der Waals surface area contributed by atoms with Crippen LogP contribution in [-0.4, -0.2) is 15.5 Å². The molecule has 0 unspecified atom stereocenters. The van der Waals surface area contributed by atoms with E-state index < -0.39 is 0 Å². The molecule has 4 rings (SSSR count). The van der Waals surface area contributed by atoms with Crippen LogP contribution in [0.3, 0.4) is 0 Å².